The first kappa shape index (κ1) is 18.1. The quantitative estimate of drug-likeness (QED) is 0.558. The summed E-state index contributed by atoms with van der Waals surface area (Å²) in [7, 11) is -5.18. The van der Waals surface area contributed by atoms with E-state index in [4.69, 9.17) is 8.61 Å². The van der Waals surface area contributed by atoms with E-state index in [1.54, 1.807) is 6.92 Å². The van der Waals surface area contributed by atoms with Crippen LogP contribution in [0.1, 0.15) is 41.0 Å². The van der Waals surface area contributed by atoms with Crippen molar-refractivity contribution in [2.75, 3.05) is 6.26 Å². The lowest BCUT2D eigenvalue weighted by atomic mass is 10.2. The monoisotopic (exact) mass is 296 g/mol. The van der Waals surface area contributed by atoms with Gasteiger partial charge in [-0.05, 0) is 38.4 Å². The largest absolute Gasteiger partial charge is 0.414 e. The summed E-state index contributed by atoms with van der Waals surface area (Å²) in [5.74, 6) is 0. The maximum absolute atomic E-state index is 11.0. The Morgan fingerprint density at radius 1 is 1.11 bits per heavy atom. The van der Waals surface area contributed by atoms with Crippen LogP contribution in [0.3, 0.4) is 0 Å². The van der Waals surface area contributed by atoms with Gasteiger partial charge >= 0.3 is 0 Å². The summed E-state index contributed by atoms with van der Waals surface area (Å²) in [6.45, 7) is 14.7. The minimum Gasteiger partial charge on any atom is -0.414 e. The molecule has 0 radical (unpaired) electrons. The van der Waals surface area contributed by atoms with E-state index in [1.807, 2.05) is 6.92 Å². The fraction of sp³-hybridized carbons (Fsp3) is 1.00. The third-order valence-electron chi connectivity index (χ3n) is 3.30. The minimum atomic E-state index is -3.39. The van der Waals surface area contributed by atoms with Gasteiger partial charge in [-0.25, -0.2) is 0 Å². The molecule has 18 heavy (non-hydrogen) atoms. The first-order valence-electron chi connectivity index (χ1n) is 6.30. The molecule has 0 rings (SSSR count). The molecule has 0 aliphatic carbocycles. The second kappa shape index (κ2) is 6.03. The third kappa shape index (κ3) is 6.87. The van der Waals surface area contributed by atoms with Crippen LogP contribution >= 0.6 is 0 Å². The van der Waals surface area contributed by atoms with Crippen molar-refractivity contribution < 1.29 is 17.0 Å². The molecule has 0 aromatic carbocycles. The average molecular weight is 297 g/mol. The van der Waals surface area contributed by atoms with Crippen molar-refractivity contribution in [2.24, 2.45) is 0 Å². The van der Waals surface area contributed by atoms with Gasteiger partial charge in [-0.3, -0.25) is 4.18 Å². The molecule has 0 amide bonds. The molecule has 0 N–H and O–H groups in total. The zero-order valence-corrected chi connectivity index (χ0v) is 14.7. The molecule has 0 bridgehead atoms. The molecule has 4 nitrogen and oxygen atoms in total. The van der Waals surface area contributed by atoms with Gasteiger partial charge in [0.1, 0.15) is 0 Å². The highest BCUT2D eigenvalue weighted by atomic mass is 32.2. The molecule has 0 spiro atoms. The Kier molecular flexibility index (Phi) is 6.06. The highest BCUT2D eigenvalue weighted by molar-refractivity contribution is 7.86. The minimum absolute atomic E-state index is 0.00245. The van der Waals surface area contributed by atoms with Crippen molar-refractivity contribution in [2.45, 2.75) is 71.4 Å². The van der Waals surface area contributed by atoms with Crippen molar-refractivity contribution in [3.8, 4) is 0 Å². The topological polar surface area (TPSA) is 52.6 Å². The van der Waals surface area contributed by atoms with Crippen LogP contribution in [0.2, 0.25) is 18.1 Å². The molecule has 0 aliphatic rings. The van der Waals surface area contributed by atoms with E-state index < -0.39 is 18.4 Å². The van der Waals surface area contributed by atoms with E-state index in [9.17, 15) is 8.42 Å². The summed E-state index contributed by atoms with van der Waals surface area (Å²) in [5, 5.41) is 0.155. The first-order chi connectivity index (χ1) is 7.74. The molecule has 0 aromatic heterocycles. The van der Waals surface area contributed by atoms with Crippen molar-refractivity contribution in [1.82, 2.24) is 0 Å². The summed E-state index contributed by atoms with van der Waals surface area (Å²) in [5.41, 5.74) is 0. The first-order valence-corrected chi connectivity index (χ1v) is 11.0. The SMILES string of the molecule is C[C@H](C[C@H](C)O[Si](C)(C)C(C)(C)C)OS(C)(=O)=O. The number of hydrogen-bond donors (Lipinski definition) is 0. The molecule has 0 aliphatic heterocycles. The lowest BCUT2D eigenvalue weighted by Gasteiger charge is -2.38. The van der Waals surface area contributed by atoms with Crippen molar-refractivity contribution >= 4 is 18.4 Å². The number of rotatable bonds is 6. The van der Waals surface area contributed by atoms with Gasteiger partial charge in [-0.15, -0.1) is 0 Å². The summed E-state index contributed by atoms with van der Waals surface area (Å²) >= 11 is 0. The molecule has 0 heterocycles. The fourth-order valence-corrected chi connectivity index (χ4v) is 3.66. The second-order valence-corrected chi connectivity index (χ2v) is 12.9. The molecule has 0 fully saturated rings. The van der Waals surface area contributed by atoms with E-state index in [-0.39, 0.29) is 17.2 Å². The predicted octanol–water partition coefficient (Wildman–Crippen LogP) is 3.15. The highest BCUT2D eigenvalue weighted by Gasteiger charge is 2.38. The summed E-state index contributed by atoms with van der Waals surface area (Å²) in [6, 6.07) is 0. The van der Waals surface area contributed by atoms with Gasteiger partial charge in [0.15, 0.2) is 8.32 Å². The van der Waals surface area contributed by atoms with Gasteiger partial charge < -0.3 is 4.43 Å². The van der Waals surface area contributed by atoms with Gasteiger partial charge in [0, 0.05) is 6.10 Å². The molecule has 0 aromatic rings. The molecule has 110 valence electrons. The van der Waals surface area contributed by atoms with Gasteiger partial charge in [0.2, 0.25) is 0 Å². The maximum atomic E-state index is 11.0. The van der Waals surface area contributed by atoms with Gasteiger partial charge in [0.05, 0.1) is 12.4 Å². The van der Waals surface area contributed by atoms with Gasteiger partial charge in [-0.2, -0.15) is 8.42 Å². The zero-order chi connectivity index (χ0) is 14.8. The van der Waals surface area contributed by atoms with Crippen molar-refractivity contribution in [1.29, 1.82) is 0 Å². The Balaban J connectivity index is 4.40. The standard InChI is InChI=1S/C12H28O4SSi/c1-10(15-17(6,13)14)9-11(2)16-18(7,8)12(3,4)5/h10-11H,9H2,1-8H3/t10-,11+/m1/s1. The van der Waals surface area contributed by atoms with Crippen LogP contribution in [0.4, 0.5) is 0 Å². The lowest BCUT2D eigenvalue weighted by Crippen LogP contribution is -2.43. The summed E-state index contributed by atoms with van der Waals surface area (Å²) < 4.78 is 33.1. The van der Waals surface area contributed by atoms with E-state index in [2.05, 4.69) is 33.9 Å². The van der Waals surface area contributed by atoms with Crippen molar-refractivity contribution in [3.63, 3.8) is 0 Å². The lowest BCUT2D eigenvalue weighted by molar-refractivity contribution is 0.125. The van der Waals surface area contributed by atoms with Crippen LogP contribution in [-0.4, -0.2) is 35.2 Å². The van der Waals surface area contributed by atoms with Crippen LogP contribution in [0.15, 0.2) is 0 Å². The Morgan fingerprint density at radius 3 is 1.89 bits per heavy atom. The smallest absolute Gasteiger partial charge is 0.264 e. The Hall–Kier alpha value is 0.0869. The van der Waals surface area contributed by atoms with Crippen LogP contribution in [0.5, 0.6) is 0 Å². The van der Waals surface area contributed by atoms with Gasteiger partial charge in [0.25, 0.3) is 10.1 Å². The summed E-state index contributed by atoms with van der Waals surface area (Å²) in [6.07, 6.45) is 1.31. The van der Waals surface area contributed by atoms with E-state index in [0.29, 0.717) is 6.42 Å². The molecule has 2 atom stereocenters. The van der Waals surface area contributed by atoms with Crippen LogP contribution in [0, 0.1) is 0 Å². The van der Waals surface area contributed by atoms with Gasteiger partial charge in [-0.1, -0.05) is 20.8 Å². The number of hydrogen-bond acceptors (Lipinski definition) is 4. The van der Waals surface area contributed by atoms with Crippen LogP contribution in [-0.2, 0) is 18.7 Å². The van der Waals surface area contributed by atoms with E-state index >= 15 is 0 Å². The molecule has 6 heteroatoms. The third-order valence-corrected chi connectivity index (χ3v) is 8.59. The second-order valence-electron chi connectivity index (χ2n) is 6.54. The summed E-state index contributed by atoms with van der Waals surface area (Å²) in [4.78, 5) is 0. The van der Waals surface area contributed by atoms with Crippen molar-refractivity contribution in [3.05, 3.63) is 0 Å². The highest BCUT2D eigenvalue weighted by Crippen LogP contribution is 2.37. The Morgan fingerprint density at radius 2 is 1.56 bits per heavy atom. The van der Waals surface area contributed by atoms with E-state index in [0.717, 1.165) is 6.26 Å². The average Bonchev–Trinajstić information content (AvgIpc) is 1.94. The molecule has 0 unspecified atom stereocenters. The predicted molar refractivity (Wildman–Crippen MR) is 77.8 cm³/mol. The Bertz CT molecular complexity index is 357. The maximum Gasteiger partial charge on any atom is 0.264 e. The van der Waals surface area contributed by atoms with Crippen LogP contribution in [0.25, 0.3) is 0 Å². The van der Waals surface area contributed by atoms with Crippen LogP contribution < -0.4 is 0 Å². The zero-order valence-electron chi connectivity index (χ0n) is 12.9. The molecular formula is C12H28O4SSi. The molecule has 0 saturated carbocycles. The fourth-order valence-electron chi connectivity index (χ4n) is 1.53. The normalized spacial score (nSPS) is 17.6. The molecular weight excluding hydrogens is 268 g/mol. The Labute approximate surface area is 113 Å². The van der Waals surface area contributed by atoms with E-state index in [1.165, 1.54) is 0 Å². The molecule has 0 saturated heterocycles.